The number of hydrogen-bond acceptors (Lipinski definition) is 3. The maximum Gasteiger partial charge on any atom is 0.340 e. The van der Waals surface area contributed by atoms with E-state index in [1.807, 2.05) is 18.2 Å². The summed E-state index contributed by atoms with van der Waals surface area (Å²) in [4.78, 5) is 16.7. The van der Waals surface area contributed by atoms with Crippen molar-refractivity contribution in [2.45, 2.75) is 0 Å². The molecular weight excluding hydrogens is 321 g/mol. The molecule has 0 saturated heterocycles. The molecule has 0 radical (unpaired) electrons. The fraction of sp³-hybridized carbons (Fsp3) is 0.182. The van der Waals surface area contributed by atoms with Gasteiger partial charge in [0.25, 0.3) is 0 Å². The molecule has 16 heavy (non-hydrogen) atoms. The van der Waals surface area contributed by atoms with E-state index in [9.17, 15) is 4.79 Å². The number of aromatic nitrogens is 1. The minimum absolute atomic E-state index is 0.359. The van der Waals surface area contributed by atoms with Crippen LogP contribution < -0.4 is 4.84 Å². The lowest BCUT2D eigenvalue weighted by Crippen LogP contribution is -2.04. The van der Waals surface area contributed by atoms with Crippen molar-refractivity contribution >= 4 is 39.5 Å². The Morgan fingerprint density at radius 1 is 1.38 bits per heavy atom. The van der Waals surface area contributed by atoms with Gasteiger partial charge in [-0.1, -0.05) is 0 Å². The van der Waals surface area contributed by atoms with Crippen molar-refractivity contribution in [1.29, 1.82) is 0 Å². The van der Waals surface area contributed by atoms with Gasteiger partial charge in [0.05, 0.1) is 24.4 Å². The van der Waals surface area contributed by atoms with E-state index in [4.69, 9.17) is 9.57 Å². The molecule has 84 valence electrons. The lowest BCUT2D eigenvalue weighted by molar-refractivity contribution is 0.0600. The summed E-state index contributed by atoms with van der Waals surface area (Å²) in [5.74, 6) is -0.359. The Kier molecular flexibility index (Phi) is 3.04. The van der Waals surface area contributed by atoms with E-state index in [1.165, 1.54) is 7.11 Å². The first kappa shape index (κ1) is 11.3. The van der Waals surface area contributed by atoms with Gasteiger partial charge in [0.2, 0.25) is 0 Å². The largest absolute Gasteiger partial charge is 0.465 e. The van der Waals surface area contributed by atoms with Gasteiger partial charge >= 0.3 is 5.97 Å². The topological polar surface area (TPSA) is 40.5 Å². The highest BCUT2D eigenvalue weighted by atomic mass is 127. The average Bonchev–Trinajstić information content (AvgIpc) is 2.66. The second kappa shape index (κ2) is 4.32. The van der Waals surface area contributed by atoms with Gasteiger partial charge in [-0.2, -0.15) is 4.73 Å². The molecule has 4 nitrogen and oxygen atoms in total. The number of carbonyl (C=O) groups is 1. The van der Waals surface area contributed by atoms with Gasteiger partial charge in [0.15, 0.2) is 0 Å². The predicted octanol–water partition coefficient (Wildman–Crippen LogP) is 2.09. The predicted molar refractivity (Wildman–Crippen MR) is 68.5 cm³/mol. The van der Waals surface area contributed by atoms with E-state index >= 15 is 0 Å². The minimum Gasteiger partial charge on any atom is -0.465 e. The van der Waals surface area contributed by atoms with E-state index in [1.54, 1.807) is 18.0 Å². The van der Waals surface area contributed by atoms with Gasteiger partial charge in [0, 0.05) is 8.96 Å². The van der Waals surface area contributed by atoms with E-state index in [-0.39, 0.29) is 5.97 Å². The summed E-state index contributed by atoms with van der Waals surface area (Å²) in [6, 6.07) is 5.80. The Morgan fingerprint density at radius 3 is 2.75 bits per heavy atom. The molecule has 0 unspecified atom stereocenters. The molecule has 2 rings (SSSR count). The van der Waals surface area contributed by atoms with Gasteiger partial charge in [0.1, 0.15) is 7.11 Å². The van der Waals surface area contributed by atoms with E-state index in [2.05, 4.69) is 22.6 Å². The molecule has 0 aliphatic rings. The maximum atomic E-state index is 11.6. The van der Waals surface area contributed by atoms with Gasteiger partial charge in [-0.3, -0.25) is 0 Å². The maximum absolute atomic E-state index is 11.6. The van der Waals surface area contributed by atoms with Gasteiger partial charge in [-0.05, 0) is 40.8 Å². The number of carbonyl (C=O) groups excluding carboxylic acids is 1. The van der Waals surface area contributed by atoms with Crippen LogP contribution >= 0.6 is 22.6 Å². The Morgan fingerprint density at radius 2 is 2.12 bits per heavy atom. The van der Waals surface area contributed by atoms with Crippen LogP contribution in [0.25, 0.3) is 10.9 Å². The number of ether oxygens (including phenoxy) is 1. The summed E-state index contributed by atoms with van der Waals surface area (Å²) in [6.45, 7) is 0. The van der Waals surface area contributed by atoms with Crippen LogP contribution in [0, 0.1) is 3.57 Å². The highest BCUT2D eigenvalue weighted by Gasteiger charge is 2.15. The third kappa shape index (κ3) is 1.75. The molecule has 0 spiro atoms. The number of fused-ring (bicyclic) bond motifs is 1. The summed E-state index contributed by atoms with van der Waals surface area (Å²) in [6.07, 6.45) is 1.63. The normalized spacial score (nSPS) is 10.4. The Balaban J connectivity index is 2.73. The second-order valence-electron chi connectivity index (χ2n) is 3.20. The highest BCUT2D eigenvalue weighted by molar-refractivity contribution is 14.1. The number of nitrogens with zero attached hydrogens (tertiary/aromatic N) is 1. The molecule has 0 N–H and O–H groups in total. The molecule has 1 heterocycles. The van der Waals surface area contributed by atoms with Gasteiger partial charge in [-0.25, -0.2) is 4.79 Å². The molecule has 0 saturated carbocycles. The third-order valence-corrected chi connectivity index (χ3v) is 3.01. The number of benzene rings is 1. The first-order valence-electron chi connectivity index (χ1n) is 4.60. The standard InChI is InChI=1S/C11H10INO3/c1-15-11(14)9-6-13(16-2)10-4-3-7(12)5-8(9)10/h3-6H,1-2H3. The lowest BCUT2D eigenvalue weighted by Gasteiger charge is -2.00. The zero-order valence-corrected chi connectivity index (χ0v) is 11.0. The summed E-state index contributed by atoms with van der Waals surface area (Å²) in [7, 11) is 2.92. The molecule has 1 aromatic carbocycles. The van der Waals surface area contributed by atoms with Crippen LogP contribution in [-0.4, -0.2) is 24.9 Å². The quantitative estimate of drug-likeness (QED) is 0.625. The van der Waals surface area contributed by atoms with Crippen molar-refractivity contribution in [2.75, 3.05) is 14.2 Å². The van der Waals surface area contributed by atoms with Crippen molar-refractivity contribution < 1.29 is 14.4 Å². The van der Waals surface area contributed by atoms with Gasteiger partial charge in [-0.15, -0.1) is 0 Å². The molecule has 5 heteroatoms. The fourth-order valence-electron chi connectivity index (χ4n) is 1.60. The Bertz CT molecular complexity index is 547. The Hall–Kier alpha value is -1.24. The van der Waals surface area contributed by atoms with E-state index in [0.717, 1.165) is 14.5 Å². The molecule has 0 atom stereocenters. The van der Waals surface area contributed by atoms with Crippen LogP contribution in [0.15, 0.2) is 24.4 Å². The lowest BCUT2D eigenvalue weighted by atomic mass is 10.2. The number of esters is 1. The number of hydrogen-bond donors (Lipinski definition) is 0. The van der Waals surface area contributed by atoms with Crippen LogP contribution in [0.4, 0.5) is 0 Å². The van der Waals surface area contributed by atoms with Crippen molar-refractivity contribution in [3.05, 3.63) is 33.5 Å². The average molecular weight is 331 g/mol. The third-order valence-electron chi connectivity index (χ3n) is 2.33. The fourth-order valence-corrected chi connectivity index (χ4v) is 2.09. The molecule has 2 aromatic rings. The molecule has 0 bridgehead atoms. The monoisotopic (exact) mass is 331 g/mol. The van der Waals surface area contributed by atoms with Crippen molar-refractivity contribution in [1.82, 2.24) is 4.73 Å². The first-order chi connectivity index (χ1) is 7.67. The van der Waals surface area contributed by atoms with Crippen LogP contribution in [0.3, 0.4) is 0 Å². The summed E-state index contributed by atoms with van der Waals surface area (Å²) in [5.41, 5.74) is 1.36. The highest BCUT2D eigenvalue weighted by Crippen LogP contribution is 2.23. The number of rotatable bonds is 2. The zero-order valence-electron chi connectivity index (χ0n) is 8.86. The molecule has 0 fully saturated rings. The second-order valence-corrected chi connectivity index (χ2v) is 4.45. The summed E-state index contributed by atoms with van der Waals surface area (Å²) >= 11 is 2.20. The molecule has 0 amide bonds. The van der Waals surface area contributed by atoms with Crippen LogP contribution in [0.2, 0.25) is 0 Å². The van der Waals surface area contributed by atoms with Crippen molar-refractivity contribution in [3.63, 3.8) is 0 Å². The molecule has 0 aliphatic heterocycles. The van der Waals surface area contributed by atoms with Crippen molar-refractivity contribution in [3.8, 4) is 0 Å². The van der Waals surface area contributed by atoms with E-state index in [0.29, 0.717) is 5.56 Å². The van der Waals surface area contributed by atoms with Crippen LogP contribution in [-0.2, 0) is 4.74 Å². The number of halogens is 1. The first-order valence-corrected chi connectivity index (χ1v) is 5.68. The number of methoxy groups -OCH3 is 1. The van der Waals surface area contributed by atoms with Crippen LogP contribution in [0.5, 0.6) is 0 Å². The van der Waals surface area contributed by atoms with Crippen LogP contribution in [0.1, 0.15) is 10.4 Å². The van der Waals surface area contributed by atoms with E-state index < -0.39 is 0 Å². The minimum atomic E-state index is -0.359. The molecule has 1 aromatic heterocycles. The zero-order chi connectivity index (χ0) is 11.7. The smallest absolute Gasteiger partial charge is 0.340 e. The molecular formula is C11H10INO3. The Labute approximate surface area is 106 Å². The van der Waals surface area contributed by atoms with Gasteiger partial charge < -0.3 is 9.57 Å². The van der Waals surface area contributed by atoms with Crippen molar-refractivity contribution in [2.24, 2.45) is 0 Å². The summed E-state index contributed by atoms with van der Waals surface area (Å²) < 4.78 is 7.34. The molecule has 0 aliphatic carbocycles. The SMILES string of the molecule is COC(=O)c1cn(OC)c2ccc(I)cc12. The summed E-state index contributed by atoms with van der Waals surface area (Å²) in [5, 5.41) is 0.834.